The highest BCUT2D eigenvalue weighted by molar-refractivity contribution is 5.79. The van der Waals surface area contributed by atoms with Crippen LogP contribution in [0.15, 0.2) is 18.2 Å². The predicted molar refractivity (Wildman–Crippen MR) is 111 cm³/mol. The monoisotopic (exact) mass is 440 g/mol. The average molecular weight is 441 g/mol. The Morgan fingerprint density at radius 1 is 1.16 bits per heavy atom. The maximum Gasteiger partial charge on any atom is 0.433 e. The smallest absolute Gasteiger partial charge is 0.381 e. The van der Waals surface area contributed by atoms with E-state index in [1.165, 1.54) is 6.07 Å². The summed E-state index contributed by atoms with van der Waals surface area (Å²) in [6.45, 7) is 5.81. The van der Waals surface area contributed by atoms with E-state index in [2.05, 4.69) is 17.2 Å². The van der Waals surface area contributed by atoms with Crippen LogP contribution < -0.4 is 10.2 Å². The molecule has 31 heavy (non-hydrogen) atoms. The molecular formula is C22H31F3N4O2. The number of carbonyl (C=O) groups excluding carboxylic acids is 1. The summed E-state index contributed by atoms with van der Waals surface area (Å²) < 4.78 is 44.3. The highest BCUT2D eigenvalue weighted by Gasteiger charge is 2.36. The Balaban J connectivity index is 1.27. The molecule has 4 rings (SSSR count). The van der Waals surface area contributed by atoms with Gasteiger partial charge in [0.2, 0.25) is 5.91 Å². The Morgan fingerprint density at radius 3 is 2.65 bits per heavy atom. The van der Waals surface area contributed by atoms with Crippen LogP contribution >= 0.6 is 0 Å². The van der Waals surface area contributed by atoms with Gasteiger partial charge in [-0.3, -0.25) is 4.79 Å². The van der Waals surface area contributed by atoms with Crippen LogP contribution in [0.2, 0.25) is 0 Å². The summed E-state index contributed by atoms with van der Waals surface area (Å²) in [5.74, 6) is 1.02. The zero-order valence-corrected chi connectivity index (χ0v) is 17.9. The van der Waals surface area contributed by atoms with Gasteiger partial charge in [0.15, 0.2) is 0 Å². The Labute approximate surface area is 181 Å². The second-order valence-corrected chi connectivity index (χ2v) is 9.01. The van der Waals surface area contributed by atoms with Crippen molar-refractivity contribution in [2.75, 3.05) is 44.3 Å². The van der Waals surface area contributed by atoms with Crippen LogP contribution in [0.4, 0.5) is 19.0 Å². The molecule has 1 aromatic heterocycles. The van der Waals surface area contributed by atoms with Crippen molar-refractivity contribution in [3.05, 3.63) is 23.9 Å². The number of ether oxygens (including phenoxy) is 1. The molecular weight excluding hydrogens is 409 g/mol. The Morgan fingerprint density at radius 2 is 1.94 bits per heavy atom. The molecule has 0 radical (unpaired) electrons. The number of alkyl halides is 3. The summed E-state index contributed by atoms with van der Waals surface area (Å²) in [6, 6.07) is 4.78. The molecule has 172 valence electrons. The first-order valence-corrected chi connectivity index (χ1v) is 11.2. The number of piperazine rings is 1. The van der Waals surface area contributed by atoms with Crippen molar-refractivity contribution in [1.82, 2.24) is 15.2 Å². The van der Waals surface area contributed by atoms with Gasteiger partial charge in [-0.05, 0) is 43.7 Å². The zero-order valence-electron chi connectivity index (χ0n) is 17.9. The molecule has 0 bridgehead atoms. The second kappa shape index (κ2) is 9.32. The highest BCUT2D eigenvalue weighted by Crippen LogP contribution is 2.31. The van der Waals surface area contributed by atoms with Crippen molar-refractivity contribution in [3.63, 3.8) is 0 Å². The van der Waals surface area contributed by atoms with Gasteiger partial charge in [-0.25, -0.2) is 4.98 Å². The van der Waals surface area contributed by atoms with Gasteiger partial charge < -0.3 is 19.9 Å². The first-order valence-electron chi connectivity index (χ1n) is 11.2. The molecule has 0 aromatic carbocycles. The van der Waals surface area contributed by atoms with E-state index in [0.29, 0.717) is 50.0 Å². The molecule has 1 N–H and O–H groups in total. The normalized spacial score (nSPS) is 29.9. The minimum atomic E-state index is -4.46. The van der Waals surface area contributed by atoms with Gasteiger partial charge in [-0.15, -0.1) is 0 Å². The quantitative estimate of drug-likeness (QED) is 0.780. The number of halogens is 3. The average Bonchev–Trinajstić information content (AvgIpc) is 3.23. The van der Waals surface area contributed by atoms with Crippen LogP contribution in [0, 0.1) is 11.8 Å². The van der Waals surface area contributed by atoms with E-state index >= 15 is 0 Å². The number of hydrogen-bond donors (Lipinski definition) is 1. The van der Waals surface area contributed by atoms with Gasteiger partial charge in [0.25, 0.3) is 0 Å². The van der Waals surface area contributed by atoms with E-state index in [1.54, 1.807) is 6.07 Å². The lowest BCUT2D eigenvalue weighted by Crippen LogP contribution is -2.50. The Kier molecular flexibility index (Phi) is 6.71. The van der Waals surface area contributed by atoms with Gasteiger partial charge >= 0.3 is 6.18 Å². The fourth-order valence-corrected chi connectivity index (χ4v) is 4.96. The van der Waals surface area contributed by atoms with Crippen LogP contribution in [0.25, 0.3) is 0 Å². The fraction of sp³-hybridized carbons (Fsp3) is 0.727. The summed E-state index contributed by atoms with van der Waals surface area (Å²) in [6.07, 6.45) is -0.679. The number of anilines is 1. The number of pyridine rings is 1. The van der Waals surface area contributed by atoms with Gasteiger partial charge in [-0.1, -0.05) is 13.0 Å². The van der Waals surface area contributed by atoms with Gasteiger partial charge in [0.1, 0.15) is 11.5 Å². The third kappa shape index (κ3) is 5.31. The van der Waals surface area contributed by atoms with Crippen molar-refractivity contribution >= 4 is 11.7 Å². The van der Waals surface area contributed by atoms with E-state index in [-0.39, 0.29) is 11.8 Å². The molecule has 3 heterocycles. The lowest BCUT2D eigenvalue weighted by molar-refractivity contribution is -0.141. The molecule has 1 saturated carbocycles. The summed E-state index contributed by atoms with van der Waals surface area (Å²) in [5.41, 5.74) is -0.883. The van der Waals surface area contributed by atoms with E-state index < -0.39 is 11.9 Å². The van der Waals surface area contributed by atoms with Gasteiger partial charge in [0, 0.05) is 50.8 Å². The molecule has 0 spiro atoms. The largest absolute Gasteiger partial charge is 0.433 e. The molecule has 1 amide bonds. The third-order valence-electron chi connectivity index (χ3n) is 6.81. The summed E-state index contributed by atoms with van der Waals surface area (Å²) in [5, 5.41) is 3.74. The standard InChI is InChI=1S/C22H31F3N4O2/c1-15-14-31-12-7-18(15)26-17-6-5-16(13-17)21(30)29-10-8-28(9-11-29)20-4-2-3-19(27-20)22(23,24)25/h2-4,15-18,26H,5-14H2,1H3. The Bertz CT molecular complexity index is 767. The number of nitrogens with one attached hydrogen (secondary N) is 1. The summed E-state index contributed by atoms with van der Waals surface area (Å²) in [4.78, 5) is 20.5. The van der Waals surface area contributed by atoms with E-state index in [0.717, 1.165) is 45.0 Å². The number of rotatable bonds is 4. The molecule has 3 aliphatic rings. The summed E-state index contributed by atoms with van der Waals surface area (Å²) >= 11 is 0. The van der Waals surface area contributed by atoms with Crippen LogP contribution in [-0.4, -0.2) is 67.3 Å². The van der Waals surface area contributed by atoms with E-state index in [1.807, 2.05) is 9.80 Å². The fourth-order valence-electron chi connectivity index (χ4n) is 4.96. The number of amides is 1. The summed E-state index contributed by atoms with van der Waals surface area (Å²) in [7, 11) is 0. The van der Waals surface area contributed by atoms with Crippen LogP contribution in [-0.2, 0) is 15.7 Å². The molecule has 3 fully saturated rings. The van der Waals surface area contributed by atoms with E-state index in [4.69, 9.17) is 4.74 Å². The van der Waals surface area contributed by atoms with Crippen LogP contribution in [0.5, 0.6) is 0 Å². The van der Waals surface area contributed by atoms with Crippen molar-refractivity contribution in [2.45, 2.75) is 50.9 Å². The minimum absolute atomic E-state index is 0.0332. The number of aromatic nitrogens is 1. The lowest BCUT2D eigenvalue weighted by atomic mass is 9.96. The van der Waals surface area contributed by atoms with Crippen molar-refractivity contribution in [3.8, 4) is 0 Å². The molecule has 6 nitrogen and oxygen atoms in total. The number of nitrogens with zero attached hydrogens (tertiary/aromatic N) is 3. The van der Waals surface area contributed by atoms with Crippen LogP contribution in [0.3, 0.4) is 0 Å². The molecule has 4 atom stereocenters. The first kappa shape index (κ1) is 22.3. The Hall–Kier alpha value is -1.87. The van der Waals surface area contributed by atoms with Crippen molar-refractivity contribution < 1.29 is 22.7 Å². The van der Waals surface area contributed by atoms with Crippen molar-refractivity contribution in [2.24, 2.45) is 11.8 Å². The number of carbonyl (C=O) groups is 1. The lowest BCUT2D eigenvalue weighted by Gasteiger charge is -2.37. The van der Waals surface area contributed by atoms with E-state index in [9.17, 15) is 18.0 Å². The molecule has 9 heteroatoms. The predicted octanol–water partition coefficient (Wildman–Crippen LogP) is 2.93. The second-order valence-electron chi connectivity index (χ2n) is 9.01. The first-order chi connectivity index (χ1) is 14.8. The highest BCUT2D eigenvalue weighted by atomic mass is 19.4. The minimum Gasteiger partial charge on any atom is -0.381 e. The van der Waals surface area contributed by atoms with Gasteiger partial charge in [-0.2, -0.15) is 13.2 Å². The SMILES string of the molecule is CC1COCCC1NC1CCC(C(=O)N2CCN(c3cccc(C(F)(F)F)n3)CC2)C1. The van der Waals surface area contributed by atoms with Crippen LogP contribution in [0.1, 0.15) is 38.3 Å². The van der Waals surface area contributed by atoms with Gasteiger partial charge in [0.05, 0.1) is 6.61 Å². The molecule has 1 aliphatic carbocycles. The zero-order chi connectivity index (χ0) is 22.0. The topological polar surface area (TPSA) is 57.7 Å². The third-order valence-corrected chi connectivity index (χ3v) is 6.81. The molecule has 2 aliphatic heterocycles. The maximum absolute atomic E-state index is 13.0. The maximum atomic E-state index is 13.0. The molecule has 1 aromatic rings. The number of hydrogen-bond acceptors (Lipinski definition) is 5. The molecule has 2 saturated heterocycles. The molecule has 4 unspecified atom stereocenters. The van der Waals surface area contributed by atoms with Crippen molar-refractivity contribution in [1.29, 1.82) is 0 Å².